The minimum atomic E-state index is -4.26. The predicted molar refractivity (Wildman–Crippen MR) is 143 cm³/mol. The van der Waals surface area contributed by atoms with Crippen LogP contribution in [0.15, 0.2) is 64.0 Å². The standard InChI is InChI=1S/C25H26BrN3O9S/c1-4-16(26)15-28(39(35,36)18-11-9-17(10-12-18)29(33)34)14-13-25(21(22(30)37-2)23(31)38-3)19-7-5-6-8-20(19)27-24(25)32/h4-12,21H,13-15H2,1-3H3,(H,27,32)/b16-4-/t25-/m0/s1. The molecule has 1 aliphatic heterocycles. The zero-order chi connectivity index (χ0) is 29.0. The number of sulfonamides is 1. The third-order valence-corrected chi connectivity index (χ3v) is 9.08. The number of rotatable bonds is 11. The van der Waals surface area contributed by atoms with E-state index < -0.39 is 44.1 Å². The lowest BCUT2D eigenvalue weighted by molar-refractivity contribution is -0.384. The van der Waals surface area contributed by atoms with Crippen LogP contribution in [0, 0.1) is 16.0 Å². The van der Waals surface area contributed by atoms with Crippen LogP contribution in [0.5, 0.6) is 0 Å². The van der Waals surface area contributed by atoms with Gasteiger partial charge in [0.25, 0.3) is 5.69 Å². The van der Waals surface area contributed by atoms with E-state index in [0.717, 1.165) is 42.8 Å². The Morgan fingerprint density at radius 3 is 2.26 bits per heavy atom. The fourth-order valence-electron chi connectivity index (χ4n) is 4.48. The number of nitrogens with one attached hydrogen (secondary N) is 1. The second kappa shape index (κ2) is 12.1. The molecule has 0 aliphatic carbocycles. The minimum absolute atomic E-state index is 0.156. The molecule has 14 heteroatoms. The third kappa shape index (κ3) is 5.72. The minimum Gasteiger partial charge on any atom is -0.468 e. The lowest BCUT2D eigenvalue weighted by atomic mass is 9.68. The number of ether oxygens (including phenoxy) is 2. The molecule has 0 unspecified atom stereocenters. The van der Waals surface area contributed by atoms with Crippen LogP contribution in [0.1, 0.15) is 18.9 Å². The summed E-state index contributed by atoms with van der Waals surface area (Å²) in [5.41, 5.74) is -1.47. The van der Waals surface area contributed by atoms with Gasteiger partial charge >= 0.3 is 11.9 Å². The first-order valence-corrected chi connectivity index (χ1v) is 13.8. The van der Waals surface area contributed by atoms with E-state index in [1.807, 2.05) is 0 Å². The van der Waals surface area contributed by atoms with E-state index in [9.17, 15) is 32.9 Å². The smallest absolute Gasteiger partial charge is 0.321 e. The summed E-state index contributed by atoms with van der Waals surface area (Å²) in [6, 6.07) is 10.8. The van der Waals surface area contributed by atoms with Crippen molar-refractivity contribution in [3.63, 3.8) is 0 Å². The molecule has 0 fully saturated rings. The molecular weight excluding hydrogens is 598 g/mol. The first kappa shape index (κ1) is 29.9. The van der Waals surface area contributed by atoms with Crippen molar-refractivity contribution in [1.29, 1.82) is 0 Å². The van der Waals surface area contributed by atoms with Gasteiger partial charge in [-0.2, -0.15) is 4.31 Å². The van der Waals surface area contributed by atoms with Gasteiger partial charge in [-0.25, -0.2) is 8.42 Å². The van der Waals surface area contributed by atoms with Crippen molar-refractivity contribution in [3.05, 3.63) is 74.8 Å². The number of benzene rings is 2. The number of carbonyl (C=O) groups is 3. The summed E-state index contributed by atoms with van der Waals surface area (Å²) >= 11 is 3.31. The number of nitrogens with zero attached hydrogens (tertiary/aromatic N) is 2. The average Bonchev–Trinajstić information content (AvgIpc) is 3.21. The Hall–Kier alpha value is -3.62. The molecule has 2 aromatic rings. The maximum Gasteiger partial charge on any atom is 0.321 e. The SMILES string of the molecule is C/C=C(\Br)CN(CC[C@]1(C(C(=O)OC)C(=O)OC)C(=O)Nc2ccccc21)S(=O)(=O)c1ccc([N+](=O)[O-])cc1. The molecule has 0 bridgehead atoms. The van der Waals surface area contributed by atoms with Crippen LogP contribution >= 0.6 is 15.9 Å². The summed E-state index contributed by atoms with van der Waals surface area (Å²) in [7, 11) is -2.13. The fraction of sp³-hybridized carbons (Fsp3) is 0.320. The summed E-state index contributed by atoms with van der Waals surface area (Å²) in [5.74, 6) is -4.46. The Bertz CT molecular complexity index is 1410. The highest BCUT2D eigenvalue weighted by Crippen LogP contribution is 2.47. The summed E-state index contributed by atoms with van der Waals surface area (Å²) in [4.78, 5) is 49.6. The quantitative estimate of drug-likeness (QED) is 0.171. The third-order valence-electron chi connectivity index (χ3n) is 6.51. The summed E-state index contributed by atoms with van der Waals surface area (Å²) in [6.45, 7) is 1.21. The summed E-state index contributed by atoms with van der Waals surface area (Å²) in [6.07, 6.45) is 1.33. The molecule has 0 radical (unpaired) electrons. The van der Waals surface area contributed by atoms with Gasteiger partial charge in [-0.1, -0.05) is 40.2 Å². The highest BCUT2D eigenvalue weighted by molar-refractivity contribution is 9.11. The monoisotopic (exact) mass is 623 g/mol. The van der Waals surface area contributed by atoms with Crippen molar-refractivity contribution in [2.24, 2.45) is 5.92 Å². The van der Waals surface area contributed by atoms with E-state index in [1.54, 1.807) is 37.3 Å². The van der Waals surface area contributed by atoms with Gasteiger partial charge < -0.3 is 14.8 Å². The molecule has 12 nitrogen and oxygen atoms in total. The van der Waals surface area contributed by atoms with E-state index in [1.165, 1.54) is 0 Å². The molecule has 1 N–H and O–H groups in total. The zero-order valence-corrected chi connectivity index (χ0v) is 23.7. The molecule has 3 rings (SSSR count). The first-order valence-electron chi connectivity index (χ1n) is 11.6. The normalized spacial score (nSPS) is 17.1. The zero-order valence-electron chi connectivity index (χ0n) is 21.2. The number of methoxy groups -OCH3 is 2. The van der Waals surface area contributed by atoms with Crippen molar-refractivity contribution < 1.29 is 37.2 Å². The van der Waals surface area contributed by atoms with Crippen LogP contribution in [0.3, 0.4) is 0 Å². The van der Waals surface area contributed by atoms with E-state index in [2.05, 4.69) is 21.2 Å². The van der Waals surface area contributed by atoms with Gasteiger partial charge in [-0.05, 0) is 37.1 Å². The molecule has 0 aromatic heterocycles. The lowest BCUT2D eigenvalue weighted by Crippen LogP contribution is -2.52. The molecule has 2 aromatic carbocycles. The van der Waals surface area contributed by atoms with E-state index in [0.29, 0.717) is 15.7 Å². The Balaban J connectivity index is 2.13. The maximum atomic E-state index is 13.7. The number of carbonyl (C=O) groups excluding carboxylic acids is 3. The van der Waals surface area contributed by atoms with Crippen molar-refractivity contribution in [3.8, 4) is 0 Å². The van der Waals surface area contributed by atoms with E-state index in [4.69, 9.17) is 9.47 Å². The van der Waals surface area contributed by atoms with Crippen molar-refractivity contribution in [1.82, 2.24) is 4.31 Å². The number of hydrogen-bond donors (Lipinski definition) is 1. The predicted octanol–water partition coefficient (Wildman–Crippen LogP) is 3.13. The van der Waals surface area contributed by atoms with Crippen LogP contribution in [-0.4, -0.2) is 62.8 Å². The van der Waals surface area contributed by atoms with Gasteiger partial charge in [0, 0.05) is 35.4 Å². The first-order chi connectivity index (χ1) is 18.4. The second-order valence-corrected chi connectivity index (χ2v) is 11.5. The summed E-state index contributed by atoms with van der Waals surface area (Å²) in [5, 5.41) is 13.7. The van der Waals surface area contributed by atoms with Crippen molar-refractivity contribution in [2.45, 2.75) is 23.7 Å². The van der Waals surface area contributed by atoms with Gasteiger partial charge in [-0.15, -0.1) is 0 Å². The summed E-state index contributed by atoms with van der Waals surface area (Å²) < 4.78 is 38.6. The maximum absolute atomic E-state index is 13.7. The van der Waals surface area contributed by atoms with Crippen LogP contribution in [0.2, 0.25) is 0 Å². The number of nitro benzene ring substituents is 1. The Labute approximate surface area is 233 Å². The van der Waals surface area contributed by atoms with Crippen LogP contribution < -0.4 is 5.32 Å². The Morgan fingerprint density at radius 2 is 1.72 bits per heavy atom. The molecule has 0 saturated carbocycles. The molecule has 1 heterocycles. The second-order valence-electron chi connectivity index (χ2n) is 8.53. The largest absolute Gasteiger partial charge is 0.468 e. The topological polar surface area (TPSA) is 162 Å². The Kier molecular flexibility index (Phi) is 9.25. The lowest BCUT2D eigenvalue weighted by Gasteiger charge is -2.34. The fourth-order valence-corrected chi connectivity index (χ4v) is 6.37. The number of non-ortho nitro benzene ring substituents is 1. The molecule has 0 spiro atoms. The highest BCUT2D eigenvalue weighted by Gasteiger charge is 2.59. The van der Waals surface area contributed by atoms with Crippen molar-refractivity contribution >= 4 is 55.2 Å². The molecular formula is C25H26BrN3O9S. The van der Waals surface area contributed by atoms with Gasteiger partial charge in [0.1, 0.15) is 5.41 Å². The number of halogens is 1. The van der Waals surface area contributed by atoms with E-state index >= 15 is 0 Å². The number of hydrogen-bond acceptors (Lipinski definition) is 9. The molecule has 1 atom stereocenters. The van der Waals surface area contributed by atoms with Gasteiger partial charge in [-0.3, -0.25) is 24.5 Å². The van der Waals surface area contributed by atoms with Crippen LogP contribution in [-0.2, 0) is 39.3 Å². The highest BCUT2D eigenvalue weighted by atomic mass is 79.9. The van der Waals surface area contributed by atoms with Crippen molar-refractivity contribution in [2.75, 3.05) is 32.6 Å². The van der Waals surface area contributed by atoms with Crippen LogP contribution in [0.4, 0.5) is 11.4 Å². The number of allylic oxidation sites excluding steroid dienone is 1. The number of amides is 1. The number of esters is 2. The van der Waals surface area contributed by atoms with Gasteiger partial charge in [0.2, 0.25) is 15.9 Å². The number of para-hydroxylation sites is 1. The number of anilines is 1. The molecule has 0 saturated heterocycles. The molecule has 208 valence electrons. The number of fused-ring (bicyclic) bond motifs is 1. The average molecular weight is 624 g/mol. The van der Waals surface area contributed by atoms with Gasteiger partial charge in [0.15, 0.2) is 5.92 Å². The van der Waals surface area contributed by atoms with E-state index in [-0.39, 0.29) is 30.1 Å². The molecule has 1 aliphatic rings. The number of nitro groups is 1. The molecule has 39 heavy (non-hydrogen) atoms. The molecule has 1 amide bonds. The Morgan fingerprint density at radius 1 is 1.13 bits per heavy atom. The van der Waals surface area contributed by atoms with Gasteiger partial charge in [0.05, 0.1) is 24.0 Å². The van der Waals surface area contributed by atoms with Crippen LogP contribution in [0.25, 0.3) is 0 Å².